The Morgan fingerprint density at radius 3 is 2.75 bits per heavy atom. The van der Waals surface area contributed by atoms with Gasteiger partial charge in [-0.1, -0.05) is 20.3 Å². The highest BCUT2D eigenvalue weighted by Crippen LogP contribution is 2.21. The van der Waals surface area contributed by atoms with Gasteiger partial charge in [0.05, 0.1) is 24.3 Å². The molecule has 4 heteroatoms. The minimum atomic E-state index is -0.400. The van der Waals surface area contributed by atoms with Crippen LogP contribution in [0.1, 0.15) is 32.1 Å². The summed E-state index contributed by atoms with van der Waals surface area (Å²) in [6.45, 7) is 4.08. The summed E-state index contributed by atoms with van der Waals surface area (Å²) in [5, 5.41) is 9.61. The lowest BCUT2D eigenvalue weighted by Crippen LogP contribution is -2.08. The summed E-state index contributed by atoms with van der Waals surface area (Å²) in [7, 11) is 0. The van der Waals surface area contributed by atoms with Gasteiger partial charge in [0.1, 0.15) is 0 Å². The SMILES string of the molecule is CCC(C)C(O)c1cnc[nH]1.Cl. The standard InChI is InChI=1S/C8H14N2O.ClH/c1-3-6(2)8(11)7-4-9-5-10-7;/h4-6,8,11H,3H2,1-2H3,(H,9,10);1H. The van der Waals surface area contributed by atoms with E-state index in [1.165, 1.54) is 0 Å². The normalized spacial score (nSPS) is 14.9. The van der Waals surface area contributed by atoms with Crippen molar-refractivity contribution in [1.82, 2.24) is 9.97 Å². The Hall–Kier alpha value is -0.540. The van der Waals surface area contributed by atoms with Crippen molar-refractivity contribution in [2.45, 2.75) is 26.4 Å². The van der Waals surface area contributed by atoms with Gasteiger partial charge in [0.2, 0.25) is 0 Å². The van der Waals surface area contributed by atoms with Gasteiger partial charge in [-0.3, -0.25) is 0 Å². The van der Waals surface area contributed by atoms with Crippen molar-refractivity contribution in [1.29, 1.82) is 0 Å². The van der Waals surface area contributed by atoms with Crippen LogP contribution in [0.15, 0.2) is 12.5 Å². The van der Waals surface area contributed by atoms with Crippen LogP contribution in [0.5, 0.6) is 0 Å². The summed E-state index contributed by atoms with van der Waals surface area (Å²) in [6.07, 6.45) is 3.82. The van der Waals surface area contributed by atoms with Gasteiger partial charge in [-0.25, -0.2) is 4.98 Å². The van der Waals surface area contributed by atoms with E-state index in [0.717, 1.165) is 12.1 Å². The Morgan fingerprint density at radius 1 is 1.67 bits per heavy atom. The van der Waals surface area contributed by atoms with E-state index in [4.69, 9.17) is 0 Å². The molecule has 0 saturated heterocycles. The number of imidazole rings is 1. The first kappa shape index (κ1) is 11.5. The van der Waals surface area contributed by atoms with E-state index < -0.39 is 6.10 Å². The van der Waals surface area contributed by atoms with Gasteiger partial charge in [-0.15, -0.1) is 12.4 Å². The van der Waals surface area contributed by atoms with Gasteiger partial charge >= 0.3 is 0 Å². The highest BCUT2D eigenvalue weighted by molar-refractivity contribution is 5.85. The number of rotatable bonds is 3. The molecule has 2 atom stereocenters. The summed E-state index contributed by atoms with van der Waals surface area (Å²) in [5.41, 5.74) is 0.805. The molecule has 1 aromatic heterocycles. The topological polar surface area (TPSA) is 48.9 Å². The zero-order chi connectivity index (χ0) is 8.27. The van der Waals surface area contributed by atoms with Gasteiger partial charge in [-0.2, -0.15) is 0 Å². The van der Waals surface area contributed by atoms with Crippen LogP contribution >= 0.6 is 12.4 Å². The summed E-state index contributed by atoms with van der Waals surface area (Å²) in [6, 6.07) is 0. The predicted molar refractivity (Wildman–Crippen MR) is 50.3 cm³/mol. The molecule has 0 fully saturated rings. The van der Waals surface area contributed by atoms with Crippen LogP contribution < -0.4 is 0 Å². The first-order chi connectivity index (χ1) is 5.25. The van der Waals surface area contributed by atoms with Crippen molar-refractivity contribution in [3.63, 3.8) is 0 Å². The fourth-order valence-electron chi connectivity index (χ4n) is 0.958. The minimum Gasteiger partial charge on any atom is -0.387 e. The second kappa shape index (κ2) is 5.17. The van der Waals surface area contributed by atoms with Gasteiger partial charge < -0.3 is 10.1 Å². The molecule has 70 valence electrons. The molecule has 12 heavy (non-hydrogen) atoms. The Bertz CT molecular complexity index is 201. The molecule has 0 amide bonds. The van der Waals surface area contributed by atoms with E-state index in [1.807, 2.05) is 6.92 Å². The highest BCUT2D eigenvalue weighted by atomic mass is 35.5. The van der Waals surface area contributed by atoms with Gasteiger partial charge in [0.25, 0.3) is 0 Å². The van der Waals surface area contributed by atoms with Crippen LogP contribution in [0.4, 0.5) is 0 Å². The van der Waals surface area contributed by atoms with Crippen molar-refractivity contribution in [2.75, 3.05) is 0 Å². The molecule has 0 saturated carbocycles. The second-order valence-electron chi connectivity index (χ2n) is 2.84. The number of halogens is 1. The Labute approximate surface area is 78.6 Å². The molecule has 2 N–H and O–H groups in total. The largest absolute Gasteiger partial charge is 0.387 e. The number of hydrogen-bond donors (Lipinski definition) is 2. The first-order valence-corrected chi connectivity index (χ1v) is 3.92. The zero-order valence-corrected chi connectivity index (χ0v) is 8.14. The fourth-order valence-corrected chi connectivity index (χ4v) is 0.958. The molecule has 0 aliphatic carbocycles. The maximum atomic E-state index is 9.61. The number of nitrogens with zero attached hydrogens (tertiary/aromatic N) is 1. The van der Waals surface area contributed by atoms with E-state index in [1.54, 1.807) is 12.5 Å². The van der Waals surface area contributed by atoms with Crippen LogP contribution in [-0.2, 0) is 0 Å². The number of H-pyrrole nitrogens is 1. The number of aliphatic hydroxyl groups excluding tert-OH is 1. The van der Waals surface area contributed by atoms with E-state index in [9.17, 15) is 5.11 Å². The number of aromatic nitrogens is 2. The van der Waals surface area contributed by atoms with Crippen molar-refractivity contribution in [2.24, 2.45) is 5.92 Å². The molecule has 1 rings (SSSR count). The van der Waals surface area contributed by atoms with Crippen LogP contribution in [0.3, 0.4) is 0 Å². The smallest absolute Gasteiger partial charge is 0.0979 e. The predicted octanol–water partition coefficient (Wildman–Crippen LogP) is 1.91. The molecule has 0 aromatic carbocycles. The summed E-state index contributed by atoms with van der Waals surface area (Å²) >= 11 is 0. The monoisotopic (exact) mass is 190 g/mol. The van der Waals surface area contributed by atoms with Crippen molar-refractivity contribution < 1.29 is 5.11 Å². The molecule has 0 aliphatic heterocycles. The van der Waals surface area contributed by atoms with E-state index in [0.29, 0.717) is 0 Å². The van der Waals surface area contributed by atoms with E-state index in [-0.39, 0.29) is 18.3 Å². The van der Waals surface area contributed by atoms with Crippen molar-refractivity contribution >= 4 is 12.4 Å². The third-order valence-electron chi connectivity index (χ3n) is 2.02. The number of nitrogens with one attached hydrogen (secondary N) is 1. The number of hydrogen-bond acceptors (Lipinski definition) is 2. The Kier molecular flexibility index (Phi) is 4.93. The summed E-state index contributed by atoms with van der Waals surface area (Å²) in [4.78, 5) is 6.74. The third kappa shape index (κ3) is 2.50. The Morgan fingerprint density at radius 2 is 2.33 bits per heavy atom. The molecule has 0 spiro atoms. The maximum absolute atomic E-state index is 9.61. The van der Waals surface area contributed by atoms with Gasteiger partial charge in [0.15, 0.2) is 0 Å². The average molecular weight is 191 g/mol. The van der Waals surface area contributed by atoms with E-state index >= 15 is 0 Å². The molecular formula is C8H15ClN2O. The van der Waals surface area contributed by atoms with E-state index in [2.05, 4.69) is 16.9 Å². The molecule has 3 nitrogen and oxygen atoms in total. The second-order valence-corrected chi connectivity index (χ2v) is 2.84. The minimum absolute atomic E-state index is 0. The molecular weight excluding hydrogens is 176 g/mol. The molecule has 0 aliphatic rings. The van der Waals surface area contributed by atoms with Crippen molar-refractivity contribution in [3.05, 3.63) is 18.2 Å². The van der Waals surface area contributed by atoms with Crippen LogP contribution in [0, 0.1) is 5.92 Å². The molecule has 0 bridgehead atoms. The third-order valence-corrected chi connectivity index (χ3v) is 2.02. The van der Waals surface area contributed by atoms with Gasteiger partial charge in [-0.05, 0) is 5.92 Å². The Balaban J connectivity index is 0.00000121. The maximum Gasteiger partial charge on any atom is 0.0979 e. The summed E-state index contributed by atoms with van der Waals surface area (Å²) < 4.78 is 0. The zero-order valence-electron chi connectivity index (χ0n) is 7.32. The quantitative estimate of drug-likeness (QED) is 0.765. The van der Waals surface area contributed by atoms with Crippen LogP contribution in [0.25, 0.3) is 0 Å². The van der Waals surface area contributed by atoms with Crippen LogP contribution in [0.2, 0.25) is 0 Å². The van der Waals surface area contributed by atoms with Crippen molar-refractivity contribution in [3.8, 4) is 0 Å². The molecule has 1 heterocycles. The lowest BCUT2D eigenvalue weighted by Gasteiger charge is -2.14. The lowest BCUT2D eigenvalue weighted by atomic mass is 10.0. The molecule has 1 aromatic rings. The summed E-state index contributed by atoms with van der Waals surface area (Å²) in [5.74, 6) is 0.287. The average Bonchev–Trinajstić information content (AvgIpc) is 2.53. The molecule has 0 radical (unpaired) electrons. The molecule has 2 unspecified atom stereocenters. The van der Waals surface area contributed by atoms with Crippen LogP contribution in [-0.4, -0.2) is 15.1 Å². The fraction of sp³-hybridized carbons (Fsp3) is 0.625. The number of aromatic amines is 1. The first-order valence-electron chi connectivity index (χ1n) is 3.92. The highest BCUT2D eigenvalue weighted by Gasteiger charge is 2.14. The number of aliphatic hydroxyl groups is 1. The lowest BCUT2D eigenvalue weighted by molar-refractivity contribution is 0.112. The van der Waals surface area contributed by atoms with Gasteiger partial charge in [0, 0.05) is 0 Å².